The summed E-state index contributed by atoms with van der Waals surface area (Å²) in [5.74, 6) is -0.356. The average Bonchev–Trinajstić information content (AvgIpc) is 2.79. The van der Waals surface area contributed by atoms with Gasteiger partial charge in [-0.1, -0.05) is 47.7 Å². The minimum Gasteiger partial charge on any atom is -0.478 e. The number of aryl methyl sites for hydroxylation is 1. The first-order valence-electron chi connectivity index (χ1n) is 9.41. The predicted octanol–water partition coefficient (Wildman–Crippen LogP) is 4.40. The molecule has 1 aromatic heterocycles. The number of carbonyl (C=O) groups is 1. The smallest absolute Gasteiger partial charge is 0.335 e. The van der Waals surface area contributed by atoms with Gasteiger partial charge in [-0.2, -0.15) is 4.68 Å². The van der Waals surface area contributed by atoms with E-state index in [2.05, 4.69) is 20.3 Å². The largest absolute Gasteiger partial charge is 0.478 e. The fourth-order valence-electron chi connectivity index (χ4n) is 2.96. The minimum atomic E-state index is -1.02. The Morgan fingerprint density at radius 2 is 1.58 bits per heavy atom. The fourth-order valence-corrected chi connectivity index (χ4v) is 2.96. The summed E-state index contributed by atoms with van der Waals surface area (Å²) in [6.07, 6.45) is 0. The SMILES string of the molecule is Cc1nc2ccccc2c(=O)n1N=NC(=Nc1ccc(C(=O)O)cc1)c1ccccc1. The highest BCUT2D eigenvalue weighted by Crippen LogP contribution is 2.16. The lowest BCUT2D eigenvalue weighted by atomic mass is 10.2. The number of hydrogen-bond acceptors (Lipinski definition) is 5. The summed E-state index contributed by atoms with van der Waals surface area (Å²) >= 11 is 0. The van der Waals surface area contributed by atoms with Crippen molar-refractivity contribution >= 4 is 28.4 Å². The Balaban J connectivity index is 1.79. The number of aliphatic imine (C=N–C) groups is 1. The second kappa shape index (κ2) is 8.50. The van der Waals surface area contributed by atoms with Gasteiger partial charge >= 0.3 is 5.97 Å². The number of carboxylic acids is 1. The van der Waals surface area contributed by atoms with Crippen LogP contribution in [0.15, 0.2) is 99.0 Å². The lowest BCUT2D eigenvalue weighted by Crippen LogP contribution is -2.20. The highest BCUT2D eigenvalue weighted by molar-refractivity contribution is 6.00. The standard InChI is InChI=1S/C23H17N5O3/c1-15-24-20-10-6-5-9-19(20)22(29)28(15)27-26-21(16-7-3-2-4-8-16)25-18-13-11-17(12-14-18)23(30)31/h2-14H,1H3,(H,30,31). The van der Waals surface area contributed by atoms with Crippen LogP contribution in [-0.2, 0) is 0 Å². The van der Waals surface area contributed by atoms with Crippen molar-refractivity contribution < 1.29 is 9.90 Å². The van der Waals surface area contributed by atoms with Crippen molar-refractivity contribution in [2.45, 2.75) is 6.92 Å². The number of aromatic nitrogens is 2. The molecule has 8 heteroatoms. The van der Waals surface area contributed by atoms with Crippen molar-refractivity contribution in [1.29, 1.82) is 0 Å². The second-order valence-electron chi connectivity index (χ2n) is 6.64. The van der Waals surface area contributed by atoms with E-state index >= 15 is 0 Å². The van der Waals surface area contributed by atoms with Gasteiger partial charge < -0.3 is 5.11 Å². The molecule has 0 saturated carbocycles. The van der Waals surface area contributed by atoms with E-state index in [0.29, 0.717) is 28.0 Å². The molecule has 0 unspecified atom stereocenters. The predicted molar refractivity (Wildman–Crippen MR) is 117 cm³/mol. The lowest BCUT2D eigenvalue weighted by Gasteiger charge is -2.05. The molecule has 0 saturated heterocycles. The van der Waals surface area contributed by atoms with Crippen LogP contribution >= 0.6 is 0 Å². The quantitative estimate of drug-likeness (QED) is 0.305. The molecule has 0 radical (unpaired) electrons. The van der Waals surface area contributed by atoms with Crippen molar-refractivity contribution in [3.8, 4) is 0 Å². The summed E-state index contributed by atoms with van der Waals surface area (Å²) in [6, 6.07) is 22.3. The first kappa shape index (κ1) is 19.8. The van der Waals surface area contributed by atoms with E-state index in [1.54, 1.807) is 37.3 Å². The molecule has 0 aliphatic rings. The Labute approximate surface area is 176 Å². The van der Waals surface area contributed by atoms with Crippen LogP contribution in [0.3, 0.4) is 0 Å². The molecule has 8 nitrogen and oxygen atoms in total. The zero-order valence-corrected chi connectivity index (χ0v) is 16.5. The van der Waals surface area contributed by atoms with E-state index in [1.807, 2.05) is 36.4 Å². The zero-order valence-electron chi connectivity index (χ0n) is 16.5. The van der Waals surface area contributed by atoms with Crippen LogP contribution in [0.1, 0.15) is 21.7 Å². The maximum absolute atomic E-state index is 12.8. The third-order valence-electron chi connectivity index (χ3n) is 4.53. The van der Waals surface area contributed by atoms with E-state index in [0.717, 1.165) is 4.68 Å². The van der Waals surface area contributed by atoms with Crippen LogP contribution in [0.4, 0.5) is 5.69 Å². The second-order valence-corrected chi connectivity index (χ2v) is 6.64. The highest BCUT2D eigenvalue weighted by atomic mass is 16.4. The highest BCUT2D eigenvalue weighted by Gasteiger charge is 2.09. The number of nitrogens with zero attached hydrogens (tertiary/aromatic N) is 5. The number of carboxylic acid groups (broad SMARTS) is 1. The third-order valence-corrected chi connectivity index (χ3v) is 4.53. The minimum absolute atomic E-state index is 0.159. The van der Waals surface area contributed by atoms with Gasteiger partial charge in [0.1, 0.15) is 5.82 Å². The van der Waals surface area contributed by atoms with E-state index in [9.17, 15) is 9.59 Å². The molecular weight excluding hydrogens is 394 g/mol. The molecule has 0 aliphatic carbocycles. The van der Waals surface area contributed by atoms with Gasteiger partial charge in [0.15, 0.2) is 5.84 Å². The van der Waals surface area contributed by atoms with E-state index in [-0.39, 0.29) is 17.0 Å². The molecule has 3 aromatic carbocycles. The van der Waals surface area contributed by atoms with Crippen LogP contribution < -0.4 is 5.56 Å². The van der Waals surface area contributed by atoms with Crippen LogP contribution in [0.25, 0.3) is 10.9 Å². The van der Waals surface area contributed by atoms with Gasteiger partial charge in [-0.15, -0.1) is 5.11 Å². The Morgan fingerprint density at radius 3 is 2.29 bits per heavy atom. The Morgan fingerprint density at radius 1 is 0.903 bits per heavy atom. The zero-order chi connectivity index (χ0) is 21.8. The van der Waals surface area contributed by atoms with Gasteiger partial charge in [-0.25, -0.2) is 14.8 Å². The number of amidine groups is 1. The van der Waals surface area contributed by atoms with Gasteiger partial charge in [0.05, 0.1) is 22.2 Å². The van der Waals surface area contributed by atoms with Crippen LogP contribution in [0.5, 0.6) is 0 Å². The molecular formula is C23H17N5O3. The summed E-state index contributed by atoms with van der Waals surface area (Å²) in [5, 5.41) is 17.8. The number of rotatable bonds is 4. The molecule has 4 rings (SSSR count). The first-order valence-corrected chi connectivity index (χ1v) is 9.41. The molecule has 1 heterocycles. The number of para-hydroxylation sites is 1. The normalized spacial score (nSPS) is 11.8. The van der Waals surface area contributed by atoms with Crippen molar-refractivity contribution in [3.63, 3.8) is 0 Å². The van der Waals surface area contributed by atoms with E-state index < -0.39 is 5.97 Å². The number of hydrogen-bond donors (Lipinski definition) is 1. The van der Waals surface area contributed by atoms with E-state index in [4.69, 9.17) is 5.11 Å². The average molecular weight is 411 g/mol. The van der Waals surface area contributed by atoms with Crippen molar-refractivity contribution in [3.05, 3.63) is 106 Å². The topological polar surface area (TPSA) is 109 Å². The molecule has 0 bridgehead atoms. The van der Waals surface area contributed by atoms with Gasteiger partial charge in [0, 0.05) is 5.56 Å². The molecule has 0 atom stereocenters. The van der Waals surface area contributed by atoms with Gasteiger partial charge in [-0.3, -0.25) is 4.79 Å². The summed E-state index contributed by atoms with van der Waals surface area (Å²) in [4.78, 5) is 32.8. The molecule has 0 spiro atoms. The maximum Gasteiger partial charge on any atom is 0.335 e. The molecule has 31 heavy (non-hydrogen) atoms. The monoisotopic (exact) mass is 411 g/mol. The van der Waals surface area contributed by atoms with Crippen molar-refractivity contribution in [1.82, 2.24) is 9.66 Å². The molecule has 0 fully saturated rings. The summed E-state index contributed by atoms with van der Waals surface area (Å²) in [6.45, 7) is 1.68. The van der Waals surface area contributed by atoms with Gasteiger partial charge in [-0.05, 0) is 43.3 Å². The van der Waals surface area contributed by atoms with Crippen LogP contribution in [-0.4, -0.2) is 26.6 Å². The van der Waals surface area contributed by atoms with E-state index in [1.165, 1.54) is 12.1 Å². The Bertz CT molecular complexity index is 1370. The van der Waals surface area contributed by atoms with Crippen molar-refractivity contribution in [2.75, 3.05) is 0 Å². The van der Waals surface area contributed by atoms with Gasteiger partial charge in [0.2, 0.25) is 0 Å². The van der Waals surface area contributed by atoms with Crippen LogP contribution in [0.2, 0.25) is 0 Å². The Kier molecular flexibility index (Phi) is 5.44. The Hall–Kier alpha value is -4.46. The summed E-state index contributed by atoms with van der Waals surface area (Å²) in [5.41, 5.74) is 1.61. The summed E-state index contributed by atoms with van der Waals surface area (Å²) in [7, 11) is 0. The maximum atomic E-state index is 12.8. The molecule has 1 N–H and O–H groups in total. The number of aromatic carboxylic acids is 1. The number of fused-ring (bicyclic) bond motifs is 1. The molecule has 4 aromatic rings. The van der Waals surface area contributed by atoms with Gasteiger partial charge in [0.25, 0.3) is 5.56 Å². The lowest BCUT2D eigenvalue weighted by molar-refractivity contribution is 0.0697. The van der Waals surface area contributed by atoms with Crippen molar-refractivity contribution in [2.24, 2.45) is 15.3 Å². The fraction of sp³-hybridized carbons (Fsp3) is 0.0435. The molecule has 152 valence electrons. The number of benzene rings is 3. The van der Waals surface area contributed by atoms with Crippen LogP contribution in [0, 0.1) is 6.92 Å². The summed E-state index contributed by atoms with van der Waals surface area (Å²) < 4.78 is 1.13. The third kappa shape index (κ3) is 4.27. The first-order chi connectivity index (χ1) is 15.0. The molecule has 0 aliphatic heterocycles. The molecule has 0 amide bonds.